The summed E-state index contributed by atoms with van der Waals surface area (Å²) in [6, 6.07) is 0. The normalized spacial score (nSPS) is 47.9. The largest absolute Gasteiger partial charge is 0.512 e. The van der Waals surface area contributed by atoms with Crippen LogP contribution in [-0.4, -0.2) is 50.3 Å². The maximum absolute atomic E-state index is 12.3. The first-order chi connectivity index (χ1) is 16.7. The van der Waals surface area contributed by atoms with Gasteiger partial charge in [-0.1, -0.05) is 47.5 Å². The summed E-state index contributed by atoms with van der Waals surface area (Å²) >= 11 is 0. The molecule has 0 aromatic heterocycles. The molecule has 206 valence electrons. The van der Waals surface area contributed by atoms with Crippen molar-refractivity contribution in [1.82, 2.24) is 0 Å². The minimum absolute atomic E-state index is 0.00551. The lowest BCUT2D eigenvalue weighted by Crippen LogP contribution is -2.71. The van der Waals surface area contributed by atoms with Gasteiger partial charge in [-0.15, -0.1) is 0 Å². The molecule has 0 amide bonds. The van der Waals surface area contributed by atoms with Crippen molar-refractivity contribution in [3.05, 3.63) is 11.8 Å². The van der Waals surface area contributed by atoms with Crippen LogP contribution in [-0.2, 0) is 9.53 Å². The molecule has 0 aromatic carbocycles. The number of carbonyl (C=O) groups is 1. The zero-order valence-corrected chi connectivity index (χ0v) is 23.4. The molecule has 3 saturated carbocycles. The van der Waals surface area contributed by atoms with Crippen molar-refractivity contribution >= 4 is 5.97 Å². The summed E-state index contributed by atoms with van der Waals surface area (Å²) in [4.78, 5) is 12.3. The lowest BCUT2D eigenvalue weighted by molar-refractivity contribution is -0.269. The lowest BCUT2D eigenvalue weighted by atomic mass is 9.42. The summed E-state index contributed by atoms with van der Waals surface area (Å²) in [5.41, 5.74) is -2.93. The Morgan fingerprint density at radius 1 is 1.11 bits per heavy atom. The number of ether oxygens (including phenoxy) is 1. The monoisotopic (exact) mass is 506 g/mol. The highest BCUT2D eigenvalue weighted by molar-refractivity contribution is 5.66. The molecule has 6 heteroatoms. The molecule has 0 spiro atoms. The number of carbonyl (C=O) groups excluding carboxylic acids is 1. The number of esters is 1. The Hall–Kier alpha value is -1.11. The van der Waals surface area contributed by atoms with E-state index >= 15 is 0 Å². The minimum Gasteiger partial charge on any atom is -0.512 e. The molecule has 0 aromatic rings. The molecule has 4 aliphatic rings. The van der Waals surface area contributed by atoms with Gasteiger partial charge in [0, 0.05) is 19.3 Å². The average molecular weight is 507 g/mol. The van der Waals surface area contributed by atoms with E-state index < -0.39 is 29.3 Å². The van der Waals surface area contributed by atoms with Gasteiger partial charge in [-0.2, -0.15) is 0 Å². The molecule has 0 bridgehead atoms. The van der Waals surface area contributed by atoms with Gasteiger partial charge in [0.25, 0.3) is 0 Å². The van der Waals surface area contributed by atoms with Gasteiger partial charge in [0.2, 0.25) is 0 Å². The van der Waals surface area contributed by atoms with E-state index in [0.29, 0.717) is 42.4 Å². The van der Waals surface area contributed by atoms with E-state index in [1.807, 2.05) is 0 Å². The highest BCUT2D eigenvalue weighted by Gasteiger charge is 2.72. The second-order valence-corrected chi connectivity index (χ2v) is 13.8. The van der Waals surface area contributed by atoms with E-state index in [4.69, 9.17) is 4.74 Å². The van der Waals surface area contributed by atoms with Crippen molar-refractivity contribution in [3.63, 3.8) is 0 Å². The third-order valence-corrected chi connectivity index (χ3v) is 11.7. The molecular weight excluding hydrogens is 456 g/mol. The standard InChI is InChI=1S/C30H50O6/c1-16(2)17(3)8-9-18(4)22-10-11-23-21-13-26(34)30(35)14-20(32)12-25(33)29(30,7)27(21)24(36-19(5)31)15-28(22,23)6/h12,16-18,20-24,26-27,32-35H,8-11,13-15H2,1-7H3/t17-,18+,20?,21-,22+,23-,24?,26?,27+,28+,29+,30?/m0/s1. The van der Waals surface area contributed by atoms with Crippen molar-refractivity contribution in [1.29, 1.82) is 0 Å². The Balaban J connectivity index is 1.71. The van der Waals surface area contributed by atoms with Gasteiger partial charge in [-0.25, -0.2) is 0 Å². The van der Waals surface area contributed by atoms with Crippen LogP contribution in [0.2, 0.25) is 0 Å². The molecule has 12 atom stereocenters. The molecular formula is C30H50O6. The summed E-state index contributed by atoms with van der Waals surface area (Å²) in [6.45, 7) is 14.9. The van der Waals surface area contributed by atoms with Crippen LogP contribution in [0.4, 0.5) is 0 Å². The number of rotatable bonds is 6. The zero-order valence-electron chi connectivity index (χ0n) is 23.4. The van der Waals surface area contributed by atoms with Gasteiger partial charge < -0.3 is 25.2 Å². The van der Waals surface area contributed by atoms with Crippen LogP contribution >= 0.6 is 0 Å². The van der Waals surface area contributed by atoms with Crippen molar-refractivity contribution in [2.45, 2.75) is 117 Å². The molecule has 36 heavy (non-hydrogen) atoms. The molecule has 4 rings (SSSR count). The van der Waals surface area contributed by atoms with Crippen molar-refractivity contribution in [3.8, 4) is 0 Å². The molecule has 0 heterocycles. The second kappa shape index (κ2) is 9.57. The fourth-order valence-electron chi connectivity index (χ4n) is 9.38. The van der Waals surface area contributed by atoms with Crippen LogP contribution in [0.3, 0.4) is 0 Å². The van der Waals surface area contributed by atoms with Crippen LogP contribution in [0, 0.1) is 52.3 Å². The van der Waals surface area contributed by atoms with Gasteiger partial charge in [-0.3, -0.25) is 4.79 Å². The molecule has 3 fully saturated rings. The number of fused-ring (bicyclic) bond motifs is 5. The topological polar surface area (TPSA) is 107 Å². The lowest BCUT2D eigenvalue weighted by Gasteiger charge is -2.65. The van der Waals surface area contributed by atoms with Crippen LogP contribution in [0.5, 0.6) is 0 Å². The van der Waals surface area contributed by atoms with E-state index in [2.05, 4.69) is 34.6 Å². The first-order valence-corrected chi connectivity index (χ1v) is 14.3. The van der Waals surface area contributed by atoms with Gasteiger partial charge in [-0.05, 0) is 79.6 Å². The summed E-state index contributed by atoms with van der Waals surface area (Å²) < 4.78 is 6.03. The zero-order chi connectivity index (χ0) is 26.8. The van der Waals surface area contributed by atoms with Crippen molar-refractivity contribution in [2.75, 3.05) is 0 Å². The molecule has 4 N–H and O–H groups in total. The number of aliphatic hydroxyl groups is 4. The third-order valence-electron chi connectivity index (χ3n) is 11.7. The van der Waals surface area contributed by atoms with Gasteiger partial charge in [0.1, 0.15) is 17.5 Å². The number of hydrogen-bond acceptors (Lipinski definition) is 6. The van der Waals surface area contributed by atoms with E-state index in [1.54, 1.807) is 6.92 Å². The van der Waals surface area contributed by atoms with E-state index in [9.17, 15) is 25.2 Å². The summed E-state index contributed by atoms with van der Waals surface area (Å²) in [5, 5.41) is 44.7. The highest BCUT2D eigenvalue weighted by atomic mass is 16.5. The van der Waals surface area contributed by atoms with Gasteiger partial charge in [0.05, 0.1) is 17.6 Å². The fraction of sp³-hybridized carbons (Fsp3) is 0.900. The molecule has 0 saturated heterocycles. The van der Waals surface area contributed by atoms with Gasteiger partial charge in [0.15, 0.2) is 0 Å². The number of hydrogen-bond donors (Lipinski definition) is 4. The Morgan fingerprint density at radius 2 is 1.78 bits per heavy atom. The number of aliphatic hydroxyl groups excluding tert-OH is 3. The molecule has 0 radical (unpaired) electrons. The molecule has 0 aliphatic heterocycles. The second-order valence-electron chi connectivity index (χ2n) is 13.8. The van der Waals surface area contributed by atoms with Crippen molar-refractivity contribution in [2.24, 2.45) is 52.3 Å². The molecule has 6 nitrogen and oxygen atoms in total. The van der Waals surface area contributed by atoms with E-state index in [0.717, 1.165) is 12.8 Å². The summed E-state index contributed by atoms with van der Waals surface area (Å²) in [5.74, 6) is 1.96. The SMILES string of the molecule is CC(=O)OC1C[C@]2(C)[C@@H]([C@H](C)CC[C@H](C)C(C)C)CC[C@H]2[C@@H]2CC(O)C3(O)CC(O)C=C(O)[C@]3(C)[C@@H]12. The average Bonchev–Trinajstić information content (AvgIpc) is 3.11. The Morgan fingerprint density at radius 3 is 2.39 bits per heavy atom. The Labute approximate surface area is 217 Å². The summed E-state index contributed by atoms with van der Waals surface area (Å²) in [6.07, 6.45) is 4.44. The highest BCUT2D eigenvalue weighted by Crippen LogP contribution is 2.69. The predicted octanol–water partition coefficient (Wildman–Crippen LogP) is 5.00. The Bertz CT molecular complexity index is 870. The summed E-state index contributed by atoms with van der Waals surface area (Å²) in [7, 11) is 0. The van der Waals surface area contributed by atoms with E-state index in [1.165, 1.54) is 25.8 Å². The predicted molar refractivity (Wildman–Crippen MR) is 139 cm³/mol. The Kier molecular flexibility index (Phi) is 7.42. The first kappa shape index (κ1) is 27.9. The first-order valence-electron chi connectivity index (χ1n) is 14.3. The van der Waals surface area contributed by atoms with Crippen LogP contribution in [0.1, 0.15) is 93.4 Å². The fourth-order valence-corrected chi connectivity index (χ4v) is 9.38. The third kappa shape index (κ3) is 4.14. The van der Waals surface area contributed by atoms with E-state index in [-0.39, 0.29) is 35.4 Å². The quantitative estimate of drug-likeness (QED) is 0.378. The molecule has 4 unspecified atom stereocenters. The van der Waals surface area contributed by atoms with Crippen LogP contribution in [0.25, 0.3) is 0 Å². The van der Waals surface area contributed by atoms with Crippen molar-refractivity contribution < 1.29 is 30.0 Å². The van der Waals surface area contributed by atoms with Crippen LogP contribution < -0.4 is 0 Å². The smallest absolute Gasteiger partial charge is 0.302 e. The maximum atomic E-state index is 12.3. The minimum atomic E-state index is -1.68. The maximum Gasteiger partial charge on any atom is 0.302 e. The van der Waals surface area contributed by atoms with Gasteiger partial charge >= 0.3 is 5.97 Å². The van der Waals surface area contributed by atoms with Crippen LogP contribution in [0.15, 0.2) is 11.8 Å². The molecule has 4 aliphatic carbocycles.